The van der Waals surface area contributed by atoms with Gasteiger partial charge >= 0.3 is 24.3 Å². The minimum absolute atomic E-state index is 0.0373. The van der Waals surface area contributed by atoms with Crippen LogP contribution in [0.1, 0.15) is 68.6 Å². The first-order chi connectivity index (χ1) is 20.7. The molecule has 46 heavy (non-hydrogen) atoms. The molecule has 0 bridgehead atoms. The molecular weight excluding hydrogens is 626 g/mol. The van der Waals surface area contributed by atoms with E-state index in [0.717, 1.165) is 16.7 Å². The Bertz CT molecular complexity index is 1540. The van der Waals surface area contributed by atoms with Gasteiger partial charge in [0.2, 0.25) is 5.62 Å². The molecule has 0 radical (unpaired) electrons. The second-order valence-electron chi connectivity index (χ2n) is 12.0. The standard InChI is InChI=1S/C26H34N4O2.2C2HF3O2/c1-25(2,3)19-12-18(13-20(23(19)32)26(4,5)6)21(31)15-30-22(27)16-29(24(30)28)14-17-10-8-7-9-11-17;2*3-2(4,5)1(6)7/h7-13,16,28,32H,14-15,27H2,1-6H3;2*(H,6,7). The summed E-state index contributed by atoms with van der Waals surface area (Å²) in [6, 6.07) is 13.4. The van der Waals surface area contributed by atoms with E-state index in [9.17, 15) is 36.2 Å². The van der Waals surface area contributed by atoms with Crippen molar-refractivity contribution in [3.63, 3.8) is 0 Å². The van der Waals surface area contributed by atoms with Crippen molar-refractivity contribution in [2.45, 2.75) is 77.8 Å². The van der Waals surface area contributed by atoms with Crippen LogP contribution in [0.25, 0.3) is 0 Å². The topological polar surface area (TPSA) is 172 Å². The third kappa shape index (κ3) is 11.3. The Balaban J connectivity index is 0.000000629. The van der Waals surface area contributed by atoms with Crippen LogP contribution < -0.4 is 11.4 Å². The quantitative estimate of drug-likeness (QED) is 0.168. The zero-order chi connectivity index (χ0) is 36.0. The van der Waals surface area contributed by atoms with Crippen LogP contribution in [0.5, 0.6) is 5.75 Å². The van der Waals surface area contributed by atoms with Gasteiger partial charge in [-0.25, -0.2) is 9.59 Å². The number of nitrogens with zero attached hydrogens (tertiary/aromatic N) is 2. The molecule has 0 spiro atoms. The summed E-state index contributed by atoms with van der Waals surface area (Å²) in [4.78, 5) is 31.1. The molecule has 0 unspecified atom stereocenters. The van der Waals surface area contributed by atoms with Gasteiger partial charge in [0.1, 0.15) is 11.6 Å². The Kier molecular flexibility index (Phi) is 12.4. The van der Waals surface area contributed by atoms with Crippen LogP contribution in [0.2, 0.25) is 0 Å². The molecule has 1 aromatic heterocycles. The number of hydrogen-bond donors (Lipinski definition) is 5. The van der Waals surface area contributed by atoms with Crippen LogP contribution in [0, 0.1) is 5.41 Å². The average Bonchev–Trinajstić information content (AvgIpc) is 3.14. The number of halogens is 6. The number of aromatic nitrogens is 2. The van der Waals surface area contributed by atoms with E-state index in [-0.39, 0.29) is 34.5 Å². The highest BCUT2D eigenvalue weighted by Crippen LogP contribution is 2.40. The first-order valence-electron chi connectivity index (χ1n) is 13.3. The van der Waals surface area contributed by atoms with Crippen molar-refractivity contribution in [1.29, 1.82) is 5.41 Å². The van der Waals surface area contributed by atoms with Gasteiger partial charge in [0.25, 0.3) is 0 Å². The molecule has 0 aliphatic rings. The number of hydrogen-bond acceptors (Lipinski definition) is 6. The van der Waals surface area contributed by atoms with Crippen LogP contribution in [0.3, 0.4) is 0 Å². The number of rotatable bonds is 5. The minimum Gasteiger partial charge on any atom is -0.507 e. The lowest BCUT2D eigenvalue weighted by atomic mass is 9.78. The summed E-state index contributed by atoms with van der Waals surface area (Å²) in [6.07, 6.45) is -8.47. The van der Waals surface area contributed by atoms with Gasteiger partial charge < -0.3 is 25.6 Å². The fourth-order valence-corrected chi connectivity index (χ4v) is 3.81. The number of carbonyl (C=O) groups excluding carboxylic acids is 1. The number of nitrogens with one attached hydrogen (secondary N) is 1. The zero-order valence-corrected chi connectivity index (χ0v) is 25.8. The first kappa shape index (κ1) is 39.3. The molecule has 0 saturated carbocycles. The lowest BCUT2D eigenvalue weighted by molar-refractivity contribution is -0.193. The summed E-state index contributed by atoms with van der Waals surface area (Å²) in [6.45, 7) is 12.6. The number of phenolic OH excluding ortho intramolecular Hbond substituents is 1. The molecular formula is C30H36F6N4O6. The Morgan fingerprint density at radius 1 is 0.804 bits per heavy atom. The number of benzene rings is 2. The maximum Gasteiger partial charge on any atom is 0.490 e. The Hall–Kier alpha value is -4.76. The maximum absolute atomic E-state index is 13.3. The summed E-state index contributed by atoms with van der Waals surface area (Å²) in [5.41, 5.74) is 8.73. The molecule has 6 N–H and O–H groups in total. The van der Waals surface area contributed by atoms with Crippen LogP contribution in [0.15, 0.2) is 48.7 Å². The van der Waals surface area contributed by atoms with E-state index in [4.69, 9.17) is 30.9 Å². The number of phenols is 1. The highest BCUT2D eigenvalue weighted by molar-refractivity contribution is 5.97. The van der Waals surface area contributed by atoms with Crippen molar-refractivity contribution < 1.29 is 56.0 Å². The number of nitrogens with two attached hydrogens (primary N) is 1. The molecule has 254 valence electrons. The number of Topliss-reactive ketones (excluding diaryl/α,β-unsaturated/α-hetero) is 1. The Morgan fingerprint density at radius 3 is 1.54 bits per heavy atom. The number of nitrogen functional groups attached to an aromatic ring is 1. The molecule has 10 nitrogen and oxygen atoms in total. The summed E-state index contributed by atoms with van der Waals surface area (Å²) in [5, 5.41) is 33.7. The fourth-order valence-electron chi connectivity index (χ4n) is 3.81. The number of carboxylic acid groups (broad SMARTS) is 2. The van der Waals surface area contributed by atoms with E-state index in [1.54, 1.807) is 22.9 Å². The molecule has 0 fully saturated rings. The Labute approximate surface area is 260 Å². The maximum atomic E-state index is 13.3. The summed E-state index contributed by atoms with van der Waals surface area (Å²) in [5.74, 6) is -5.06. The third-order valence-corrected chi connectivity index (χ3v) is 6.16. The number of alkyl halides is 6. The third-order valence-electron chi connectivity index (χ3n) is 6.16. The van der Waals surface area contributed by atoms with Gasteiger partial charge in [-0.2, -0.15) is 26.3 Å². The lowest BCUT2D eigenvalue weighted by Gasteiger charge is -2.28. The van der Waals surface area contributed by atoms with Crippen molar-refractivity contribution in [2.75, 3.05) is 5.73 Å². The van der Waals surface area contributed by atoms with Crippen molar-refractivity contribution in [1.82, 2.24) is 9.13 Å². The predicted octanol–water partition coefficient (Wildman–Crippen LogP) is 5.85. The van der Waals surface area contributed by atoms with E-state index >= 15 is 0 Å². The van der Waals surface area contributed by atoms with E-state index < -0.39 is 24.3 Å². The molecule has 2 aromatic carbocycles. The smallest absolute Gasteiger partial charge is 0.490 e. The fraction of sp³-hybridized carbons (Fsp3) is 0.400. The molecule has 0 aliphatic carbocycles. The number of carboxylic acids is 2. The molecule has 0 amide bonds. The van der Waals surface area contributed by atoms with Crippen LogP contribution >= 0.6 is 0 Å². The van der Waals surface area contributed by atoms with Crippen molar-refractivity contribution in [3.05, 3.63) is 76.5 Å². The second-order valence-corrected chi connectivity index (χ2v) is 12.0. The van der Waals surface area contributed by atoms with Gasteiger partial charge in [0.05, 0.1) is 13.1 Å². The highest BCUT2D eigenvalue weighted by Gasteiger charge is 2.39. The second kappa shape index (κ2) is 14.6. The number of ketones is 1. The molecule has 3 rings (SSSR count). The van der Waals surface area contributed by atoms with Crippen molar-refractivity contribution in [3.8, 4) is 5.75 Å². The molecule has 16 heteroatoms. The molecule has 0 aliphatic heterocycles. The predicted molar refractivity (Wildman–Crippen MR) is 155 cm³/mol. The average molecular weight is 663 g/mol. The van der Waals surface area contributed by atoms with Gasteiger partial charge in [-0.15, -0.1) is 0 Å². The number of anilines is 1. The first-order valence-corrected chi connectivity index (χ1v) is 13.3. The van der Waals surface area contributed by atoms with Gasteiger partial charge in [0, 0.05) is 22.9 Å². The number of aliphatic carboxylic acids is 2. The largest absolute Gasteiger partial charge is 0.507 e. The molecule has 0 saturated heterocycles. The normalized spacial score (nSPS) is 11.9. The van der Waals surface area contributed by atoms with E-state index in [0.29, 0.717) is 17.9 Å². The van der Waals surface area contributed by atoms with E-state index in [2.05, 4.69) is 0 Å². The van der Waals surface area contributed by atoms with Gasteiger partial charge in [-0.1, -0.05) is 71.9 Å². The number of aromatic hydroxyl groups is 1. The molecule has 1 heterocycles. The van der Waals surface area contributed by atoms with Gasteiger partial charge in [-0.3, -0.25) is 14.8 Å². The minimum atomic E-state index is -5.08. The summed E-state index contributed by atoms with van der Waals surface area (Å²) < 4.78 is 66.7. The van der Waals surface area contributed by atoms with Crippen LogP contribution in [0.4, 0.5) is 32.2 Å². The van der Waals surface area contributed by atoms with Crippen LogP contribution in [-0.4, -0.2) is 54.5 Å². The highest BCUT2D eigenvalue weighted by atomic mass is 19.4. The summed E-state index contributed by atoms with van der Waals surface area (Å²) >= 11 is 0. The van der Waals surface area contributed by atoms with E-state index in [1.165, 1.54) is 4.57 Å². The zero-order valence-electron chi connectivity index (χ0n) is 25.8. The SMILES string of the molecule is CC(C)(C)c1cc(C(=O)Cn2c(N)cn(Cc3ccccc3)c2=N)cc(C(C)(C)C)c1O.O=C(O)C(F)(F)F.O=C(O)C(F)(F)F. The van der Waals surface area contributed by atoms with Crippen molar-refractivity contribution >= 4 is 23.5 Å². The molecule has 0 atom stereocenters. The van der Waals surface area contributed by atoms with Gasteiger partial charge in [-0.05, 0) is 28.5 Å². The number of imidazole rings is 1. The lowest BCUT2D eigenvalue weighted by Crippen LogP contribution is -2.28. The number of carbonyl (C=O) groups is 3. The van der Waals surface area contributed by atoms with Crippen molar-refractivity contribution in [2.24, 2.45) is 0 Å². The van der Waals surface area contributed by atoms with E-state index in [1.807, 2.05) is 71.9 Å². The summed E-state index contributed by atoms with van der Waals surface area (Å²) in [7, 11) is 0. The monoisotopic (exact) mass is 662 g/mol. The Morgan fingerprint density at radius 2 is 1.20 bits per heavy atom. The van der Waals surface area contributed by atoms with Crippen LogP contribution in [-0.2, 0) is 33.5 Å². The molecule has 3 aromatic rings. The van der Waals surface area contributed by atoms with Gasteiger partial charge in [0.15, 0.2) is 5.78 Å².